The van der Waals surface area contributed by atoms with Crippen LogP contribution in [0.25, 0.3) is 32.9 Å². The van der Waals surface area contributed by atoms with Gasteiger partial charge < -0.3 is 19.5 Å². The number of anilines is 1. The van der Waals surface area contributed by atoms with Crippen molar-refractivity contribution in [2.24, 2.45) is 0 Å². The average molecular weight is 839 g/mol. The fourth-order valence-corrected chi connectivity index (χ4v) is 17.0. The van der Waals surface area contributed by atoms with E-state index < -0.39 is 55.7 Å². The molecule has 1 amide bonds. The van der Waals surface area contributed by atoms with E-state index in [2.05, 4.69) is 64.5 Å². The lowest BCUT2D eigenvalue weighted by molar-refractivity contribution is 0.0706. The van der Waals surface area contributed by atoms with Crippen LogP contribution in [0.15, 0.2) is 42.5 Å². The fourth-order valence-electron chi connectivity index (χ4n) is 11.8. The fraction of sp³-hybridized carbons (Fsp3) is 0.522. The number of carbonyl (C=O) groups is 1. The number of alkyl halides is 1. The van der Waals surface area contributed by atoms with Gasteiger partial charge in [0.15, 0.2) is 5.82 Å². The zero-order valence-corrected chi connectivity index (χ0v) is 36.4. The van der Waals surface area contributed by atoms with Crippen LogP contribution in [0.3, 0.4) is 0 Å². The highest BCUT2D eigenvalue weighted by Crippen LogP contribution is 2.48. The molecule has 7 heterocycles. The van der Waals surface area contributed by atoms with E-state index >= 15 is 8.78 Å². The second kappa shape index (κ2) is 14.6. The first kappa shape index (κ1) is 40.5. The van der Waals surface area contributed by atoms with Crippen LogP contribution in [0.1, 0.15) is 79.7 Å². The number of halogens is 3. The minimum atomic E-state index is -2.31. The van der Waals surface area contributed by atoms with Gasteiger partial charge in [-0.25, -0.2) is 22.9 Å². The largest absolute Gasteiger partial charge is 0.472 e. The summed E-state index contributed by atoms with van der Waals surface area (Å²) in [4.78, 5) is 32.7. The van der Waals surface area contributed by atoms with E-state index in [1.807, 2.05) is 17.9 Å². The molecule has 0 radical (unpaired) electrons. The molecular formula is C46H53F3N6O4Si. The number of hydrogen-bond acceptors (Lipinski definition) is 8. The molecule has 5 aliphatic rings. The van der Waals surface area contributed by atoms with E-state index in [0.717, 1.165) is 5.57 Å². The molecule has 9 rings (SSSR count). The van der Waals surface area contributed by atoms with Crippen LogP contribution in [0.4, 0.5) is 23.8 Å². The molecule has 4 aromatic rings. The van der Waals surface area contributed by atoms with Gasteiger partial charge in [-0.2, -0.15) is 9.97 Å². The monoisotopic (exact) mass is 838 g/mol. The topological polar surface area (TPSA) is 104 Å². The van der Waals surface area contributed by atoms with Crippen LogP contribution in [-0.4, -0.2) is 106 Å². The summed E-state index contributed by atoms with van der Waals surface area (Å²) in [5, 5.41) is 11.6. The van der Waals surface area contributed by atoms with E-state index in [-0.39, 0.29) is 59.7 Å². The number of piperazine rings is 1. The zero-order valence-electron chi connectivity index (χ0n) is 35.4. The molecule has 5 aliphatic heterocycles. The van der Waals surface area contributed by atoms with Crippen molar-refractivity contribution in [1.82, 2.24) is 24.8 Å². The van der Waals surface area contributed by atoms with Gasteiger partial charge in [0, 0.05) is 37.0 Å². The summed E-state index contributed by atoms with van der Waals surface area (Å²) < 4.78 is 62.1. The van der Waals surface area contributed by atoms with Crippen molar-refractivity contribution >= 4 is 41.7 Å². The predicted octanol–water partition coefficient (Wildman–Crippen LogP) is 9.29. The standard InChI is InChI=1S/C46H53F3N6O4Si/c1-24(2)60(25(3)4,26(5)6)19-17-32-34(48)14-12-29-10-9-11-33(36(29)32)39-38(49)40-37-42(52-44(51-40)58-23-46-20-30(47)21-53(46)18-16-27(46)7)54-22-31-13-15-35(55(31)45(56)57)41(54)28(8)59-43(37)50-39/h9-12,14,24-26,28,30-31,35,41H,7,13,15-16,18,20-23H2,1-6,8H3,(H,56,57)/t28?,30-,31?,35?,41?,46-/m1/s1. The Morgan fingerprint density at radius 1 is 1.05 bits per heavy atom. The summed E-state index contributed by atoms with van der Waals surface area (Å²) >= 11 is 0. The summed E-state index contributed by atoms with van der Waals surface area (Å²) in [7, 11) is -2.31. The highest BCUT2D eigenvalue weighted by Gasteiger charge is 2.54. The van der Waals surface area contributed by atoms with Crippen LogP contribution < -0.4 is 14.4 Å². The summed E-state index contributed by atoms with van der Waals surface area (Å²) in [6, 6.07) is 7.10. The van der Waals surface area contributed by atoms with Crippen molar-refractivity contribution in [2.45, 2.75) is 127 Å². The van der Waals surface area contributed by atoms with E-state index in [9.17, 15) is 14.3 Å². The second-order valence-corrected chi connectivity index (χ2v) is 24.1. The molecule has 1 N–H and O–H groups in total. The highest BCUT2D eigenvalue weighted by molar-refractivity contribution is 6.90. The average Bonchev–Trinajstić information content (AvgIpc) is 3.78. The van der Waals surface area contributed by atoms with Crippen LogP contribution >= 0.6 is 0 Å². The van der Waals surface area contributed by atoms with Gasteiger partial charge in [-0.3, -0.25) is 9.80 Å². The van der Waals surface area contributed by atoms with Crippen molar-refractivity contribution in [1.29, 1.82) is 0 Å². The maximum Gasteiger partial charge on any atom is 0.407 e. The van der Waals surface area contributed by atoms with Gasteiger partial charge >= 0.3 is 12.1 Å². The highest BCUT2D eigenvalue weighted by atomic mass is 28.3. The number of carboxylic acid groups (broad SMARTS) is 1. The minimum Gasteiger partial charge on any atom is -0.472 e. The van der Waals surface area contributed by atoms with Crippen molar-refractivity contribution in [2.75, 3.05) is 31.1 Å². The first-order valence-corrected chi connectivity index (χ1v) is 23.6. The summed E-state index contributed by atoms with van der Waals surface area (Å²) in [5.41, 5.74) is 5.03. The third-order valence-electron chi connectivity index (χ3n) is 14.6. The lowest BCUT2D eigenvalue weighted by Crippen LogP contribution is -2.64. The predicted molar refractivity (Wildman–Crippen MR) is 229 cm³/mol. The SMILES string of the molecule is C=C1CCN2C[C@H](F)C[C@@]12COc1nc2c3c(nc(-c4cccc5ccc(F)c(C#C[Si](C(C)C)(C(C)C)C(C)C)c45)c(F)c3n1)OC(C)C1C3CCC(CN21)N3C(=O)O. The third kappa shape index (κ3) is 6.00. The van der Waals surface area contributed by atoms with Crippen LogP contribution in [-0.2, 0) is 0 Å². The molecule has 4 fully saturated rings. The first-order valence-electron chi connectivity index (χ1n) is 21.4. The number of ether oxygens (including phenoxy) is 2. The van der Waals surface area contributed by atoms with Crippen molar-refractivity contribution in [3.63, 3.8) is 0 Å². The molecule has 4 saturated heterocycles. The molecule has 0 saturated carbocycles. The molecule has 316 valence electrons. The van der Waals surface area contributed by atoms with Gasteiger partial charge in [0.1, 0.15) is 55.2 Å². The van der Waals surface area contributed by atoms with Crippen LogP contribution in [0, 0.1) is 23.1 Å². The molecule has 2 aromatic carbocycles. The third-order valence-corrected chi connectivity index (χ3v) is 20.9. The summed E-state index contributed by atoms with van der Waals surface area (Å²) in [5.74, 6) is 2.46. The second-order valence-electron chi connectivity index (χ2n) is 18.5. The lowest BCUT2D eigenvalue weighted by Gasteiger charge is -2.47. The van der Waals surface area contributed by atoms with E-state index in [4.69, 9.17) is 24.4 Å². The molecule has 6 atom stereocenters. The van der Waals surface area contributed by atoms with Gasteiger partial charge in [-0.05, 0) is 54.3 Å². The van der Waals surface area contributed by atoms with Gasteiger partial charge in [-0.1, -0.05) is 83.9 Å². The minimum absolute atomic E-state index is 0.0244. The van der Waals surface area contributed by atoms with E-state index in [1.165, 1.54) is 11.0 Å². The molecule has 2 bridgehead atoms. The molecule has 60 heavy (non-hydrogen) atoms. The van der Waals surface area contributed by atoms with Gasteiger partial charge in [0.05, 0.1) is 29.2 Å². The lowest BCUT2D eigenvalue weighted by atomic mass is 9.90. The summed E-state index contributed by atoms with van der Waals surface area (Å²) in [6.45, 7) is 20.6. The number of nitrogens with zero attached hydrogens (tertiary/aromatic N) is 6. The van der Waals surface area contributed by atoms with Crippen LogP contribution in [0.5, 0.6) is 11.9 Å². The number of pyridine rings is 1. The normalized spacial score (nSPS) is 26.1. The van der Waals surface area contributed by atoms with Crippen molar-refractivity contribution in [3.05, 3.63) is 59.7 Å². The first-order chi connectivity index (χ1) is 28.6. The molecule has 14 heteroatoms. The number of aromatic nitrogens is 3. The van der Waals surface area contributed by atoms with Gasteiger partial charge in [-0.15, -0.1) is 5.54 Å². The molecule has 0 spiro atoms. The molecular weight excluding hydrogens is 786 g/mol. The number of benzene rings is 2. The Labute approximate surface area is 350 Å². The maximum atomic E-state index is 17.8. The molecule has 2 aromatic heterocycles. The Morgan fingerprint density at radius 2 is 1.80 bits per heavy atom. The Balaban J connectivity index is 1.25. The molecule has 0 aliphatic carbocycles. The zero-order chi connectivity index (χ0) is 42.6. The van der Waals surface area contributed by atoms with E-state index in [0.29, 0.717) is 71.1 Å². The Bertz CT molecular complexity index is 2490. The Hall–Kier alpha value is -4.87. The molecule has 4 unspecified atom stereocenters. The number of amides is 1. The number of fused-ring (bicyclic) bond motifs is 7. The smallest absolute Gasteiger partial charge is 0.407 e. The van der Waals surface area contributed by atoms with E-state index in [1.54, 1.807) is 18.2 Å². The summed E-state index contributed by atoms with van der Waals surface area (Å²) in [6.07, 6.45) is -0.418. The number of rotatable bonds is 7. The Kier molecular flexibility index (Phi) is 9.89. The molecule has 10 nitrogen and oxygen atoms in total. The van der Waals surface area contributed by atoms with Crippen molar-refractivity contribution < 1.29 is 32.5 Å². The van der Waals surface area contributed by atoms with Gasteiger partial charge in [0.2, 0.25) is 5.88 Å². The number of hydrogen-bond donors (Lipinski definition) is 1. The quantitative estimate of drug-likeness (QED) is 0.111. The van der Waals surface area contributed by atoms with Gasteiger partial charge in [0.25, 0.3) is 0 Å². The Morgan fingerprint density at radius 3 is 2.52 bits per heavy atom. The van der Waals surface area contributed by atoms with Crippen LogP contribution in [0.2, 0.25) is 16.6 Å². The maximum absolute atomic E-state index is 17.8. The van der Waals surface area contributed by atoms with Crippen molar-refractivity contribution in [3.8, 4) is 34.6 Å².